The van der Waals surface area contributed by atoms with E-state index < -0.39 is 0 Å². The van der Waals surface area contributed by atoms with Gasteiger partial charge in [-0.1, -0.05) is 23.2 Å². The Morgan fingerprint density at radius 1 is 1.19 bits per heavy atom. The van der Waals surface area contributed by atoms with Gasteiger partial charge >= 0.3 is 0 Å². The van der Waals surface area contributed by atoms with Gasteiger partial charge in [0.1, 0.15) is 17.3 Å². The molecule has 9 heteroatoms. The van der Waals surface area contributed by atoms with E-state index in [2.05, 4.69) is 20.5 Å². The number of benzene rings is 2. The zero-order valence-electron chi connectivity index (χ0n) is 14.3. The molecule has 0 aliphatic heterocycles. The first-order valence-corrected chi connectivity index (χ1v) is 8.71. The Hall–Kier alpha value is -2.77. The second-order valence-corrected chi connectivity index (χ2v) is 6.32. The quantitative estimate of drug-likeness (QED) is 0.626. The van der Waals surface area contributed by atoms with Crippen LogP contribution in [0, 0.1) is 0 Å². The molecule has 0 spiro atoms. The van der Waals surface area contributed by atoms with Crippen LogP contribution in [0.3, 0.4) is 0 Å². The highest BCUT2D eigenvalue weighted by Gasteiger charge is 2.09. The number of amides is 1. The first-order valence-electron chi connectivity index (χ1n) is 7.95. The van der Waals surface area contributed by atoms with Gasteiger partial charge in [-0.25, -0.2) is 4.98 Å². The molecule has 3 rings (SSSR count). The molecule has 0 aliphatic rings. The number of halogens is 2. The number of hydrogen-bond acceptors (Lipinski definition) is 5. The SMILES string of the molecule is COc1ccc(-c2n[nH]c(CNC(=O)COc3cc(Cl)ccc3Cl)n2)cc1. The maximum absolute atomic E-state index is 11.9. The number of rotatable bonds is 7. The van der Waals surface area contributed by atoms with Crippen LogP contribution in [0.2, 0.25) is 10.0 Å². The lowest BCUT2D eigenvalue weighted by Crippen LogP contribution is -2.28. The molecule has 1 heterocycles. The third kappa shape index (κ3) is 5.12. The van der Waals surface area contributed by atoms with E-state index in [-0.39, 0.29) is 19.1 Å². The van der Waals surface area contributed by atoms with Crippen molar-refractivity contribution in [3.8, 4) is 22.9 Å². The number of carbonyl (C=O) groups excluding carboxylic acids is 1. The second kappa shape index (κ2) is 8.75. The average molecular weight is 407 g/mol. The molecule has 0 fully saturated rings. The molecule has 27 heavy (non-hydrogen) atoms. The maximum atomic E-state index is 11.9. The molecule has 7 nitrogen and oxygen atoms in total. The molecule has 1 amide bonds. The fourth-order valence-electron chi connectivity index (χ4n) is 2.21. The van der Waals surface area contributed by atoms with Crippen molar-refractivity contribution in [1.82, 2.24) is 20.5 Å². The van der Waals surface area contributed by atoms with Gasteiger partial charge in [0.25, 0.3) is 5.91 Å². The van der Waals surface area contributed by atoms with Gasteiger partial charge in [-0.15, -0.1) is 0 Å². The number of aromatic nitrogens is 3. The molecule has 0 unspecified atom stereocenters. The topological polar surface area (TPSA) is 89.1 Å². The van der Waals surface area contributed by atoms with Crippen LogP contribution in [-0.2, 0) is 11.3 Å². The van der Waals surface area contributed by atoms with E-state index in [1.165, 1.54) is 0 Å². The summed E-state index contributed by atoms with van der Waals surface area (Å²) in [5, 5.41) is 10.5. The Balaban J connectivity index is 1.51. The van der Waals surface area contributed by atoms with Crippen molar-refractivity contribution in [1.29, 1.82) is 0 Å². The lowest BCUT2D eigenvalue weighted by molar-refractivity contribution is -0.123. The van der Waals surface area contributed by atoms with Crippen LogP contribution in [0.25, 0.3) is 11.4 Å². The van der Waals surface area contributed by atoms with Crippen molar-refractivity contribution in [2.24, 2.45) is 0 Å². The number of nitrogens with one attached hydrogen (secondary N) is 2. The van der Waals surface area contributed by atoms with Crippen LogP contribution in [-0.4, -0.2) is 34.8 Å². The molecule has 140 valence electrons. The molecule has 0 atom stereocenters. The van der Waals surface area contributed by atoms with Crippen molar-refractivity contribution >= 4 is 29.1 Å². The third-order valence-electron chi connectivity index (χ3n) is 3.58. The molecule has 0 aliphatic carbocycles. The van der Waals surface area contributed by atoms with Gasteiger partial charge < -0.3 is 14.8 Å². The van der Waals surface area contributed by atoms with Crippen molar-refractivity contribution in [2.75, 3.05) is 13.7 Å². The van der Waals surface area contributed by atoms with Crippen LogP contribution in [0.15, 0.2) is 42.5 Å². The molecule has 0 saturated carbocycles. The summed E-state index contributed by atoms with van der Waals surface area (Å²) in [7, 11) is 1.60. The molecule has 0 radical (unpaired) electrons. The third-order valence-corrected chi connectivity index (χ3v) is 4.13. The minimum Gasteiger partial charge on any atom is -0.497 e. The average Bonchev–Trinajstić information content (AvgIpc) is 3.16. The van der Waals surface area contributed by atoms with E-state index in [0.717, 1.165) is 11.3 Å². The molecule has 2 aromatic carbocycles. The van der Waals surface area contributed by atoms with Crippen molar-refractivity contribution in [3.05, 3.63) is 58.3 Å². The van der Waals surface area contributed by atoms with Crippen LogP contribution in [0.4, 0.5) is 0 Å². The summed E-state index contributed by atoms with van der Waals surface area (Å²) < 4.78 is 10.5. The Morgan fingerprint density at radius 2 is 1.96 bits per heavy atom. The van der Waals surface area contributed by atoms with E-state index in [9.17, 15) is 4.79 Å². The van der Waals surface area contributed by atoms with Crippen LogP contribution in [0.5, 0.6) is 11.5 Å². The summed E-state index contributed by atoms with van der Waals surface area (Å²) in [6.45, 7) is -0.00579. The summed E-state index contributed by atoms with van der Waals surface area (Å²) in [5.41, 5.74) is 0.837. The molecule has 2 N–H and O–H groups in total. The minimum atomic E-state index is -0.326. The minimum absolute atomic E-state index is 0.189. The van der Waals surface area contributed by atoms with Crippen LogP contribution < -0.4 is 14.8 Å². The fraction of sp³-hybridized carbons (Fsp3) is 0.167. The number of carbonyl (C=O) groups is 1. The predicted octanol–water partition coefficient (Wildman–Crippen LogP) is 3.48. The molecule has 1 aromatic heterocycles. The number of nitrogens with zero attached hydrogens (tertiary/aromatic N) is 2. The number of hydrogen-bond donors (Lipinski definition) is 2. The van der Waals surface area contributed by atoms with E-state index in [1.807, 2.05) is 24.3 Å². The molecule has 3 aromatic rings. The van der Waals surface area contributed by atoms with E-state index in [1.54, 1.807) is 25.3 Å². The van der Waals surface area contributed by atoms with Crippen molar-refractivity contribution in [3.63, 3.8) is 0 Å². The second-order valence-electron chi connectivity index (χ2n) is 5.47. The Bertz CT molecular complexity index is 929. The van der Waals surface area contributed by atoms with Gasteiger partial charge in [0, 0.05) is 16.7 Å². The first kappa shape index (κ1) is 19.0. The molecule has 0 saturated heterocycles. The Labute approximate surface area is 165 Å². The summed E-state index contributed by atoms with van der Waals surface area (Å²) in [6, 6.07) is 12.2. The van der Waals surface area contributed by atoms with Gasteiger partial charge in [-0.3, -0.25) is 9.89 Å². The van der Waals surface area contributed by atoms with Crippen LogP contribution in [0.1, 0.15) is 5.82 Å². The van der Waals surface area contributed by atoms with Gasteiger partial charge in [-0.2, -0.15) is 5.10 Å². The standard InChI is InChI=1S/C18H16Cl2N4O3/c1-26-13-5-2-11(3-6-13)18-22-16(23-24-18)9-21-17(25)10-27-15-8-12(19)4-7-14(15)20/h2-8H,9-10H2,1H3,(H,21,25)(H,22,23,24). The highest BCUT2D eigenvalue weighted by Crippen LogP contribution is 2.27. The number of methoxy groups -OCH3 is 1. The highest BCUT2D eigenvalue weighted by atomic mass is 35.5. The number of H-pyrrole nitrogens is 1. The summed E-state index contributed by atoms with van der Waals surface area (Å²) in [6.07, 6.45) is 0. The van der Waals surface area contributed by atoms with Crippen LogP contribution >= 0.6 is 23.2 Å². The smallest absolute Gasteiger partial charge is 0.258 e. The first-order chi connectivity index (χ1) is 13.0. The van der Waals surface area contributed by atoms with E-state index in [4.69, 9.17) is 32.7 Å². The largest absolute Gasteiger partial charge is 0.497 e. The van der Waals surface area contributed by atoms with Crippen molar-refractivity contribution < 1.29 is 14.3 Å². The maximum Gasteiger partial charge on any atom is 0.258 e. The van der Waals surface area contributed by atoms with Crippen molar-refractivity contribution in [2.45, 2.75) is 6.54 Å². The zero-order chi connectivity index (χ0) is 19.2. The van der Waals surface area contributed by atoms with Gasteiger partial charge in [0.05, 0.1) is 18.7 Å². The molecule has 0 bridgehead atoms. The zero-order valence-corrected chi connectivity index (χ0v) is 15.8. The summed E-state index contributed by atoms with van der Waals surface area (Å²) in [5.74, 6) is 1.83. The number of aromatic amines is 1. The molecular formula is C18H16Cl2N4O3. The van der Waals surface area contributed by atoms with Gasteiger partial charge in [0.2, 0.25) is 0 Å². The monoisotopic (exact) mass is 406 g/mol. The predicted molar refractivity (Wildman–Crippen MR) is 102 cm³/mol. The lowest BCUT2D eigenvalue weighted by atomic mass is 10.2. The Morgan fingerprint density at radius 3 is 2.70 bits per heavy atom. The number of ether oxygens (including phenoxy) is 2. The lowest BCUT2D eigenvalue weighted by Gasteiger charge is -2.08. The fourth-order valence-corrected chi connectivity index (χ4v) is 2.54. The summed E-state index contributed by atoms with van der Waals surface area (Å²) >= 11 is 11.9. The normalized spacial score (nSPS) is 10.5. The van der Waals surface area contributed by atoms with E-state index in [0.29, 0.717) is 27.4 Å². The summed E-state index contributed by atoms with van der Waals surface area (Å²) in [4.78, 5) is 16.3. The molecular weight excluding hydrogens is 391 g/mol. The van der Waals surface area contributed by atoms with E-state index >= 15 is 0 Å². The van der Waals surface area contributed by atoms with Gasteiger partial charge in [-0.05, 0) is 36.4 Å². The Kier molecular flexibility index (Phi) is 6.16. The van der Waals surface area contributed by atoms with Gasteiger partial charge in [0.15, 0.2) is 12.4 Å². The highest BCUT2D eigenvalue weighted by molar-refractivity contribution is 6.34.